The van der Waals surface area contributed by atoms with Crippen LogP contribution in [0.25, 0.3) is 0 Å². The molecule has 0 amide bonds. The highest BCUT2D eigenvalue weighted by molar-refractivity contribution is 5.15. The van der Waals surface area contributed by atoms with Crippen LogP contribution in [-0.4, -0.2) is 40.9 Å². The van der Waals surface area contributed by atoms with E-state index in [9.17, 15) is 0 Å². The Labute approximate surface area is 117 Å². The second kappa shape index (κ2) is 7.06. The Morgan fingerprint density at radius 2 is 2.11 bits per heavy atom. The summed E-state index contributed by atoms with van der Waals surface area (Å²) >= 11 is 0. The lowest BCUT2D eigenvalue weighted by molar-refractivity contribution is 0.190. The lowest BCUT2D eigenvalue weighted by Gasteiger charge is -2.30. The number of hydrogen-bond donors (Lipinski definition) is 1. The number of aromatic nitrogens is 2. The van der Waals surface area contributed by atoms with E-state index in [4.69, 9.17) is 0 Å². The van der Waals surface area contributed by atoms with Crippen LogP contribution in [0.15, 0.2) is 6.20 Å². The Balaban J connectivity index is 1.56. The second-order valence-electron chi connectivity index (χ2n) is 5.93. The van der Waals surface area contributed by atoms with Gasteiger partial charge >= 0.3 is 0 Å². The first kappa shape index (κ1) is 14.5. The van der Waals surface area contributed by atoms with Crippen molar-refractivity contribution in [1.29, 1.82) is 0 Å². The summed E-state index contributed by atoms with van der Waals surface area (Å²) in [7, 11) is 2.00. The fourth-order valence-corrected chi connectivity index (χ4v) is 2.65. The van der Waals surface area contributed by atoms with E-state index in [-0.39, 0.29) is 0 Å². The number of aryl methyl sites for hydroxylation is 1. The van der Waals surface area contributed by atoms with Crippen LogP contribution in [0.1, 0.15) is 37.4 Å². The zero-order valence-corrected chi connectivity index (χ0v) is 12.7. The maximum Gasteiger partial charge on any atom is 0.0537 e. The monoisotopic (exact) mass is 264 g/mol. The molecule has 1 aromatic heterocycles. The van der Waals surface area contributed by atoms with Gasteiger partial charge in [-0.15, -0.1) is 0 Å². The lowest BCUT2D eigenvalue weighted by atomic mass is 9.99. The lowest BCUT2D eigenvalue weighted by Crippen LogP contribution is -2.34. The minimum atomic E-state index is 0.933. The predicted molar refractivity (Wildman–Crippen MR) is 79.1 cm³/mol. The average Bonchev–Trinajstić information content (AvgIpc) is 2.72. The molecule has 108 valence electrons. The first-order valence-electron chi connectivity index (χ1n) is 7.57. The summed E-state index contributed by atoms with van der Waals surface area (Å²) in [6.07, 6.45) is 5.96. The van der Waals surface area contributed by atoms with Crippen LogP contribution in [0, 0.1) is 12.8 Å². The number of nitrogens with one attached hydrogen (secondary N) is 1. The summed E-state index contributed by atoms with van der Waals surface area (Å²) in [5, 5.41) is 7.79. The van der Waals surface area contributed by atoms with Crippen LogP contribution in [0.3, 0.4) is 0 Å². The molecule has 1 fully saturated rings. The summed E-state index contributed by atoms with van der Waals surface area (Å²) in [5.74, 6) is 0.933. The molecule has 2 heterocycles. The largest absolute Gasteiger partial charge is 0.312 e. The zero-order chi connectivity index (χ0) is 13.7. The third kappa shape index (κ3) is 4.32. The molecule has 19 heavy (non-hydrogen) atoms. The molecule has 1 saturated heterocycles. The van der Waals surface area contributed by atoms with E-state index in [1.807, 2.05) is 17.9 Å². The number of rotatable bonds is 6. The van der Waals surface area contributed by atoms with Crippen molar-refractivity contribution >= 4 is 0 Å². The van der Waals surface area contributed by atoms with E-state index in [1.54, 1.807) is 0 Å². The van der Waals surface area contributed by atoms with Gasteiger partial charge in [-0.05, 0) is 58.3 Å². The summed E-state index contributed by atoms with van der Waals surface area (Å²) in [5.41, 5.74) is 2.58. The highest BCUT2D eigenvalue weighted by atomic mass is 15.3. The SMILES string of the molecule is Cc1c(CNCCCN2CCC(C)CC2)cnn1C. The maximum absolute atomic E-state index is 4.26. The first-order chi connectivity index (χ1) is 9.16. The molecule has 0 radical (unpaired) electrons. The minimum absolute atomic E-state index is 0.933. The van der Waals surface area contributed by atoms with Crippen LogP contribution in [0.2, 0.25) is 0 Å². The summed E-state index contributed by atoms with van der Waals surface area (Å²) in [4.78, 5) is 2.61. The number of piperidine rings is 1. The van der Waals surface area contributed by atoms with Crippen molar-refractivity contribution in [2.24, 2.45) is 13.0 Å². The molecular formula is C15H28N4. The van der Waals surface area contributed by atoms with E-state index < -0.39 is 0 Å². The van der Waals surface area contributed by atoms with Crippen LogP contribution in [0.5, 0.6) is 0 Å². The van der Waals surface area contributed by atoms with Gasteiger partial charge in [-0.3, -0.25) is 4.68 Å². The normalized spacial score (nSPS) is 18.1. The van der Waals surface area contributed by atoms with E-state index in [0.29, 0.717) is 0 Å². The molecule has 1 aliphatic heterocycles. The van der Waals surface area contributed by atoms with Crippen LogP contribution in [-0.2, 0) is 13.6 Å². The van der Waals surface area contributed by atoms with Gasteiger partial charge < -0.3 is 10.2 Å². The number of likely N-dealkylation sites (tertiary alicyclic amines) is 1. The molecule has 0 unspecified atom stereocenters. The molecule has 0 spiro atoms. The van der Waals surface area contributed by atoms with Gasteiger partial charge in [-0.1, -0.05) is 6.92 Å². The van der Waals surface area contributed by atoms with Gasteiger partial charge in [-0.2, -0.15) is 5.10 Å². The summed E-state index contributed by atoms with van der Waals surface area (Å²) in [6.45, 7) is 10.4. The smallest absolute Gasteiger partial charge is 0.0537 e. The fraction of sp³-hybridized carbons (Fsp3) is 0.800. The average molecular weight is 264 g/mol. The number of hydrogen-bond acceptors (Lipinski definition) is 3. The molecule has 0 saturated carbocycles. The molecule has 0 atom stereocenters. The molecule has 1 N–H and O–H groups in total. The van der Waals surface area contributed by atoms with Crippen molar-refractivity contribution < 1.29 is 0 Å². The van der Waals surface area contributed by atoms with Gasteiger partial charge in [0, 0.05) is 24.8 Å². The highest BCUT2D eigenvalue weighted by Gasteiger charge is 2.14. The number of nitrogens with zero attached hydrogens (tertiary/aromatic N) is 3. The Morgan fingerprint density at radius 1 is 1.37 bits per heavy atom. The van der Waals surface area contributed by atoms with Crippen molar-refractivity contribution in [2.75, 3.05) is 26.2 Å². The molecule has 4 nitrogen and oxygen atoms in total. The molecule has 0 aliphatic carbocycles. The second-order valence-corrected chi connectivity index (χ2v) is 5.93. The van der Waals surface area contributed by atoms with Crippen molar-refractivity contribution in [3.63, 3.8) is 0 Å². The van der Waals surface area contributed by atoms with Crippen molar-refractivity contribution in [3.05, 3.63) is 17.5 Å². The fourth-order valence-electron chi connectivity index (χ4n) is 2.65. The van der Waals surface area contributed by atoms with Crippen LogP contribution < -0.4 is 5.32 Å². The third-order valence-corrected chi connectivity index (χ3v) is 4.36. The quantitative estimate of drug-likeness (QED) is 0.797. The Bertz CT molecular complexity index is 377. The van der Waals surface area contributed by atoms with Gasteiger partial charge in [-0.25, -0.2) is 0 Å². The van der Waals surface area contributed by atoms with E-state index in [0.717, 1.165) is 19.0 Å². The van der Waals surface area contributed by atoms with Gasteiger partial charge in [0.25, 0.3) is 0 Å². The van der Waals surface area contributed by atoms with E-state index in [1.165, 1.54) is 50.2 Å². The molecule has 1 aromatic rings. The predicted octanol–water partition coefficient (Wildman–Crippen LogP) is 1.94. The van der Waals surface area contributed by atoms with Crippen molar-refractivity contribution in [2.45, 2.75) is 39.7 Å². The van der Waals surface area contributed by atoms with Crippen LogP contribution >= 0.6 is 0 Å². The summed E-state index contributed by atoms with van der Waals surface area (Å²) < 4.78 is 1.94. The Hall–Kier alpha value is -0.870. The zero-order valence-electron chi connectivity index (χ0n) is 12.7. The standard InChI is InChI=1S/C15H28N4/c1-13-5-9-19(10-6-13)8-4-7-16-11-15-12-17-18(3)14(15)2/h12-13,16H,4-11H2,1-3H3. The van der Waals surface area contributed by atoms with E-state index >= 15 is 0 Å². The van der Waals surface area contributed by atoms with E-state index in [2.05, 4.69) is 29.2 Å². The molecule has 4 heteroatoms. The van der Waals surface area contributed by atoms with Gasteiger partial charge in [0.15, 0.2) is 0 Å². The highest BCUT2D eigenvalue weighted by Crippen LogP contribution is 2.15. The molecule has 2 rings (SSSR count). The molecular weight excluding hydrogens is 236 g/mol. The minimum Gasteiger partial charge on any atom is -0.312 e. The first-order valence-corrected chi connectivity index (χ1v) is 7.57. The van der Waals surface area contributed by atoms with Gasteiger partial charge in [0.1, 0.15) is 0 Å². The van der Waals surface area contributed by atoms with Crippen LogP contribution in [0.4, 0.5) is 0 Å². The third-order valence-electron chi connectivity index (χ3n) is 4.36. The Kier molecular flexibility index (Phi) is 5.40. The maximum atomic E-state index is 4.26. The van der Waals surface area contributed by atoms with Gasteiger partial charge in [0.2, 0.25) is 0 Å². The summed E-state index contributed by atoms with van der Waals surface area (Å²) in [6, 6.07) is 0. The molecule has 0 bridgehead atoms. The van der Waals surface area contributed by atoms with Crippen molar-refractivity contribution in [3.8, 4) is 0 Å². The van der Waals surface area contributed by atoms with Gasteiger partial charge in [0.05, 0.1) is 6.20 Å². The Morgan fingerprint density at radius 3 is 2.74 bits per heavy atom. The van der Waals surface area contributed by atoms with Crippen molar-refractivity contribution in [1.82, 2.24) is 20.0 Å². The topological polar surface area (TPSA) is 33.1 Å². The molecule has 1 aliphatic rings. The molecule has 0 aromatic carbocycles.